The van der Waals surface area contributed by atoms with Crippen LogP contribution < -0.4 is 5.32 Å². The smallest absolute Gasteiger partial charge is 0.295 e. The Kier molecular flexibility index (Phi) is 4.84. The number of hydrogen-bond acceptors (Lipinski definition) is 6. The van der Waals surface area contributed by atoms with E-state index in [2.05, 4.69) is 10.3 Å². The quantitative estimate of drug-likeness (QED) is 0.642. The zero-order valence-electron chi connectivity index (χ0n) is 13.2. The van der Waals surface area contributed by atoms with Gasteiger partial charge in [-0.15, -0.1) is 0 Å². The highest BCUT2D eigenvalue weighted by Gasteiger charge is 2.16. The first kappa shape index (κ1) is 17.1. The predicted octanol–water partition coefficient (Wildman–Crippen LogP) is 2.69. The summed E-state index contributed by atoms with van der Waals surface area (Å²) in [7, 11) is -3.02. The van der Waals surface area contributed by atoms with E-state index in [1.165, 1.54) is 12.3 Å². The molecule has 0 aliphatic carbocycles. The molecule has 2 aromatic rings. The molecule has 0 aliphatic rings. The number of rotatable bonds is 6. The van der Waals surface area contributed by atoms with E-state index in [4.69, 9.17) is 0 Å². The molecule has 0 spiro atoms. The maximum atomic E-state index is 11.3. The Balaban J connectivity index is 2.37. The van der Waals surface area contributed by atoms with E-state index in [1.807, 2.05) is 13.0 Å². The van der Waals surface area contributed by atoms with E-state index in [9.17, 15) is 18.5 Å². The summed E-state index contributed by atoms with van der Waals surface area (Å²) in [5.74, 6) is 0.0866. The topological polar surface area (TPSA) is 102 Å². The third-order valence-electron chi connectivity index (χ3n) is 3.47. The van der Waals surface area contributed by atoms with Crippen molar-refractivity contribution >= 4 is 32.1 Å². The molecule has 1 atom stereocenters. The van der Waals surface area contributed by atoms with E-state index in [0.29, 0.717) is 23.0 Å². The SMILES string of the molecule is Cc1cc(N[C@@H](C)CCS(C)(=O)=O)c2cccc([N+](=O)[O-])c2n1. The van der Waals surface area contributed by atoms with Crippen molar-refractivity contribution in [3.05, 3.63) is 40.1 Å². The minimum Gasteiger partial charge on any atom is -0.382 e. The second-order valence-electron chi connectivity index (χ2n) is 5.71. The Morgan fingerprint density at radius 2 is 2.09 bits per heavy atom. The first-order valence-corrected chi connectivity index (χ1v) is 9.22. The van der Waals surface area contributed by atoms with Crippen LogP contribution in [0.4, 0.5) is 11.4 Å². The monoisotopic (exact) mass is 337 g/mol. The summed E-state index contributed by atoms with van der Waals surface area (Å²) < 4.78 is 22.5. The van der Waals surface area contributed by atoms with Crippen LogP contribution in [0.1, 0.15) is 19.0 Å². The van der Waals surface area contributed by atoms with Crippen molar-refractivity contribution in [2.75, 3.05) is 17.3 Å². The number of nitrogens with zero attached hydrogens (tertiary/aromatic N) is 2. The van der Waals surface area contributed by atoms with E-state index in [-0.39, 0.29) is 17.5 Å². The molecule has 0 amide bonds. The van der Waals surface area contributed by atoms with Crippen LogP contribution >= 0.6 is 0 Å². The molecule has 0 saturated heterocycles. The van der Waals surface area contributed by atoms with Crippen LogP contribution in [0.3, 0.4) is 0 Å². The third-order valence-corrected chi connectivity index (χ3v) is 4.44. The molecule has 1 heterocycles. The van der Waals surface area contributed by atoms with Crippen LogP contribution in [0.25, 0.3) is 10.9 Å². The van der Waals surface area contributed by atoms with Crippen LogP contribution in [0.5, 0.6) is 0 Å². The Morgan fingerprint density at radius 3 is 2.70 bits per heavy atom. The van der Waals surface area contributed by atoms with Gasteiger partial charge >= 0.3 is 0 Å². The summed E-state index contributed by atoms with van der Waals surface area (Å²) in [4.78, 5) is 15.0. The minimum atomic E-state index is -3.02. The molecule has 0 unspecified atom stereocenters. The number of hydrogen-bond donors (Lipinski definition) is 1. The molecular formula is C15H19N3O4S. The van der Waals surface area contributed by atoms with Gasteiger partial charge < -0.3 is 5.32 Å². The number of non-ortho nitro benzene ring substituents is 1. The van der Waals surface area contributed by atoms with Gasteiger partial charge in [-0.05, 0) is 26.3 Å². The van der Waals surface area contributed by atoms with Gasteiger partial charge in [0, 0.05) is 35.1 Å². The normalized spacial score (nSPS) is 13.0. The van der Waals surface area contributed by atoms with Gasteiger partial charge in [-0.1, -0.05) is 12.1 Å². The average molecular weight is 337 g/mol. The van der Waals surface area contributed by atoms with Crippen molar-refractivity contribution < 1.29 is 13.3 Å². The number of nitro benzene ring substituents is 1. The lowest BCUT2D eigenvalue weighted by molar-refractivity contribution is -0.383. The largest absolute Gasteiger partial charge is 0.382 e. The Labute approximate surface area is 134 Å². The summed E-state index contributed by atoms with van der Waals surface area (Å²) in [6.45, 7) is 3.65. The molecule has 1 aromatic heterocycles. The number of aryl methyl sites for hydroxylation is 1. The number of benzene rings is 1. The second kappa shape index (κ2) is 6.49. The van der Waals surface area contributed by atoms with Crippen LogP contribution in [-0.4, -0.2) is 36.4 Å². The zero-order valence-corrected chi connectivity index (χ0v) is 14.1. The number of pyridine rings is 1. The molecule has 0 bridgehead atoms. The van der Waals surface area contributed by atoms with Crippen LogP contribution in [-0.2, 0) is 9.84 Å². The number of aromatic nitrogens is 1. The molecule has 0 aliphatic heterocycles. The number of nitro groups is 1. The van der Waals surface area contributed by atoms with Crippen molar-refractivity contribution in [3.63, 3.8) is 0 Å². The molecule has 1 aromatic carbocycles. The van der Waals surface area contributed by atoms with Crippen molar-refractivity contribution in [1.29, 1.82) is 0 Å². The molecule has 124 valence electrons. The van der Waals surface area contributed by atoms with Gasteiger partial charge in [-0.25, -0.2) is 13.4 Å². The van der Waals surface area contributed by atoms with Gasteiger partial charge in [-0.2, -0.15) is 0 Å². The Morgan fingerprint density at radius 1 is 1.39 bits per heavy atom. The van der Waals surface area contributed by atoms with Crippen molar-refractivity contribution in [1.82, 2.24) is 4.98 Å². The average Bonchev–Trinajstić information content (AvgIpc) is 2.43. The van der Waals surface area contributed by atoms with Crippen molar-refractivity contribution in [3.8, 4) is 0 Å². The highest BCUT2D eigenvalue weighted by molar-refractivity contribution is 7.90. The molecule has 1 N–H and O–H groups in total. The van der Waals surface area contributed by atoms with E-state index in [0.717, 1.165) is 5.69 Å². The predicted molar refractivity (Wildman–Crippen MR) is 90.5 cm³/mol. The van der Waals surface area contributed by atoms with Gasteiger partial charge in [-0.3, -0.25) is 10.1 Å². The molecule has 0 saturated carbocycles. The maximum absolute atomic E-state index is 11.3. The Hall–Kier alpha value is -2.22. The molecular weight excluding hydrogens is 318 g/mol. The van der Waals surface area contributed by atoms with E-state index < -0.39 is 14.8 Å². The number of sulfone groups is 1. The number of fused-ring (bicyclic) bond motifs is 1. The molecule has 0 radical (unpaired) electrons. The first-order chi connectivity index (χ1) is 10.7. The van der Waals surface area contributed by atoms with Gasteiger partial charge in [0.2, 0.25) is 0 Å². The fourth-order valence-corrected chi connectivity index (χ4v) is 3.14. The Bertz CT molecular complexity index is 849. The number of anilines is 1. The van der Waals surface area contributed by atoms with Gasteiger partial charge in [0.1, 0.15) is 9.84 Å². The van der Waals surface area contributed by atoms with Crippen LogP contribution in [0.15, 0.2) is 24.3 Å². The summed E-state index contributed by atoms with van der Waals surface area (Å²) in [5, 5.41) is 15.0. The number of para-hydroxylation sites is 1. The third kappa shape index (κ3) is 4.38. The lowest BCUT2D eigenvalue weighted by Gasteiger charge is -2.17. The lowest BCUT2D eigenvalue weighted by atomic mass is 10.1. The van der Waals surface area contributed by atoms with Crippen LogP contribution in [0.2, 0.25) is 0 Å². The van der Waals surface area contributed by atoms with E-state index >= 15 is 0 Å². The van der Waals surface area contributed by atoms with Crippen molar-refractivity contribution in [2.24, 2.45) is 0 Å². The first-order valence-electron chi connectivity index (χ1n) is 7.16. The van der Waals surface area contributed by atoms with Gasteiger partial charge in [0.25, 0.3) is 5.69 Å². The molecule has 0 fully saturated rings. The molecule has 23 heavy (non-hydrogen) atoms. The van der Waals surface area contributed by atoms with Gasteiger partial charge in [0.15, 0.2) is 5.52 Å². The second-order valence-corrected chi connectivity index (χ2v) is 7.97. The number of nitrogens with one attached hydrogen (secondary N) is 1. The van der Waals surface area contributed by atoms with Crippen molar-refractivity contribution in [2.45, 2.75) is 26.3 Å². The maximum Gasteiger partial charge on any atom is 0.295 e. The summed E-state index contributed by atoms with van der Waals surface area (Å²) in [5.41, 5.74) is 1.66. The zero-order chi connectivity index (χ0) is 17.2. The lowest BCUT2D eigenvalue weighted by Crippen LogP contribution is -2.19. The standard InChI is InChI=1S/C15H19N3O4S/c1-10(7-8-23(3,21)22)16-13-9-11(2)17-15-12(13)5-4-6-14(15)18(19)20/h4-6,9-10H,7-8H2,1-3H3,(H,16,17)/t10-/m0/s1. The van der Waals surface area contributed by atoms with E-state index in [1.54, 1.807) is 19.1 Å². The fraction of sp³-hybridized carbons (Fsp3) is 0.400. The highest BCUT2D eigenvalue weighted by Crippen LogP contribution is 2.30. The van der Waals surface area contributed by atoms with Crippen LogP contribution in [0, 0.1) is 17.0 Å². The fourth-order valence-electron chi connectivity index (χ4n) is 2.36. The molecule has 2 rings (SSSR count). The van der Waals surface area contributed by atoms with Gasteiger partial charge in [0.05, 0.1) is 10.7 Å². The highest BCUT2D eigenvalue weighted by atomic mass is 32.2. The summed E-state index contributed by atoms with van der Waals surface area (Å²) >= 11 is 0. The summed E-state index contributed by atoms with van der Waals surface area (Å²) in [6, 6.07) is 6.52. The molecule has 7 nitrogen and oxygen atoms in total. The minimum absolute atomic E-state index is 0.0435. The summed E-state index contributed by atoms with van der Waals surface area (Å²) in [6.07, 6.45) is 1.66. The molecule has 8 heteroatoms.